The highest BCUT2D eigenvalue weighted by atomic mass is 14.4. The van der Waals surface area contributed by atoms with Gasteiger partial charge in [-0.2, -0.15) is 0 Å². The van der Waals surface area contributed by atoms with Crippen molar-refractivity contribution in [3.8, 4) is 0 Å². The fourth-order valence-corrected chi connectivity index (χ4v) is 5.82. The maximum Gasteiger partial charge on any atom is -0.00551 e. The summed E-state index contributed by atoms with van der Waals surface area (Å²) < 4.78 is 0. The van der Waals surface area contributed by atoms with Crippen molar-refractivity contribution in [2.45, 2.75) is 182 Å². The van der Waals surface area contributed by atoms with Gasteiger partial charge in [0.25, 0.3) is 0 Å². The molecule has 3 aromatic carbocycles. The third-order valence-corrected chi connectivity index (χ3v) is 9.33. The maximum absolute atomic E-state index is 2.34. The summed E-state index contributed by atoms with van der Waals surface area (Å²) in [5.41, 5.74) is 10.9. The number of benzene rings is 3. The standard InChI is InChI=1S/C18H30.C16H26.C15H24.CH4/c1-16(2,3)13-14-9-11-15(12-10-14)18(7,8)17(4,5)6;1-15(2,3)11-13-7-9-14(10-8-13)12-16(4,5)6;1-14(2,3)11-12-7-9-13(10-8-12)15(4,5)6;/h9-12H,13H2,1-8H3;7-10H,11-12H2,1-6H3;7-10H,11H2,1-6H3;1H4. The van der Waals surface area contributed by atoms with Gasteiger partial charge < -0.3 is 0 Å². The van der Waals surface area contributed by atoms with Crippen molar-refractivity contribution in [2.24, 2.45) is 27.1 Å². The lowest BCUT2D eigenvalue weighted by Gasteiger charge is -2.39. The highest BCUT2D eigenvalue weighted by Gasteiger charge is 2.34. The Kier molecular flexibility index (Phi) is 17.1. The molecule has 0 heteroatoms. The fourth-order valence-electron chi connectivity index (χ4n) is 5.82. The van der Waals surface area contributed by atoms with E-state index < -0.39 is 0 Å². The first-order chi connectivity index (χ1) is 21.8. The predicted molar refractivity (Wildman–Crippen MR) is 230 cm³/mol. The fraction of sp³-hybridized carbons (Fsp3) is 0.640. The van der Waals surface area contributed by atoms with Gasteiger partial charge in [-0.05, 0) is 97.0 Å². The first kappa shape index (κ1) is 47.7. The molecule has 0 aliphatic rings. The van der Waals surface area contributed by atoms with Gasteiger partial charge in [0.2, 0.25) is 0 Å². The smallest absolute Gasteiger partial charge is 0.00551 e. The molecule has 0 fully saturated rings. The molecule has 0 saturated heterocycles. The molecule has 0 saturated carbocycles. The van der Waals surface area contributed by atoms with Gasteiger partial charge in [0.1, 0.15) is 0 Å². The van der Waals surface area contributed by atoms with Crippen LogP contribution in [0.4, 0.5) is 0 Å². The van der Waals surface area contributed by atoms with E-state index in [1.807, 2.05) is 0 Å². The van der Waals surface area contributed by atoms with E-state index in [1.54, 1.807) is 0 Å². The van der Waals surface area contributed by atoms with Crippen molar-refractivity contribution in [1.82, 2.24) is 0 Å². The number of hydrogen-bond acceptors (Lipinski definition) is 0. The zero-order valence-electron chi connectivity index (χ0n) is 36.3. The first-order valence-electron chi connectivity index (χ1n) is 19.0. The van der Waals surface area contributed by atoms with Gasteiger partial charge in [-0.25, -0.2) is 0 Å². The maximum atomic E-state index is 2.34. The summed E-state index contributed by atoms with van der Waals surface area (Å²) in [4.78, 5) is 0. The van der Waals surface area contributed by atoms with Crippen LogP contribution in [-0.2, 0) is 36.5 Å². The summed E-state index contributed by atoms with van der Waals surface area (Å²) in [6, 6.07) is 27.4. The second-order valence-corrected chi connectivity index (χ2v) is 22.3. The molecule has 0 nitrogen and oxygen atoms in total. The molecule has 0 N–H and O–H groups in total. The van der Waals surface area contributed by atoms with Gasteiger partial charge in [0, 0.05) is 0 Å². The molecule has 0 amide bonds. The molecule has 0 aromatic heterocycles. The van der Waals surface area contributed by atoms with Crippen molar-refractivity contribution in [2.75, 3.05) is 0 Å². The van der Waals surface area contributed by atoms with Gasteiger partial charge in [-0.1, -0.05) is 219 Å². The van der Waals surface area contributed by atoms with Gasteiger partial charge in [-0.15, -0.1) is 0 Å². The first-order valence-corrected chi connectivity index (χ1v) is 19.0. The summed E-state index contributed by atoms with van der Waals surface area (Å²) in [7, 11) is 0. The van der Waals surface area contributed by atoms with Gasteiger partial charge in [-0.3, -0.25) is 0 Å². The minimum atomic E-state index is 0. The lowest BCUT2D eigenvalue weighted by molar-refractivity contribution is 0.225. The molecule has 0 bridgehead atoms. The Balaban J connectivity index is 0.000000716. The van der Waals surface area contributed by atoms with Gasteiger partial charge >= 0.3 is 0 Å². The zero-order chi connectivity index (χ0) is 38.3. The Bertz CT molecular complexity index is 1320. The molecule has 0 aliphatic heterocycles. The van der Waals surface area contributed by atoms with Crippen LogP contribution in [0.15, 0.2) is 72.8 Å². The van der Waals surface area contributed by atoms with Gasteiger partial charge in [0.05, 0.1) is 0 Å². The molecule has 3 rings (SSSR count). The third kappa shape index (κ3) is 19.3. The van der Waals surface area contributed by atoms with Crippen LogP contribution in [0.5, 0.6) is 0 Å². The van der Waals surface area contributed by atoms with Gasteiger partial charge in [0.15, 0.2) is 0 Å². The Hall–Kier alpha value is -2.34. The van der Waals surface area contributed by atoms with Crippen LogP contribution in [0.1, 0.15) is 179 Å². The summed E-state index contributed by atoms with van der Waals surface area (Å²) in [5, 5.41) is 0. The van der Waals surface area contributed by atoms with E-state index in [0.29, 0.717) is 21.7 Å². The predicted octanol–water partition coefficient (Wildman–Crippen LogP) is 15.7. The lowest BCUT2D eigenvalue weighted by atomic mass is 9.65. The topological polar surface area (TPSA) is 0 Å². The Morgan fingerprint density at radius 1 is 0.300 bits per heavy atom. The van der Waals surface area contributed by atoms with Crippen LogP contribution >= 0.6 is 0 Å². The van der Waals surface area contributed by atoms with Crippen LogP contribution < -0.4 is 0 Å². The SMILES string of the molecule is C.CC(C)(C)Cc1ccc(C(C)(C)C(C)(C)C)cc1.CC(C)(C)Cc1ccc(C(C)(C)C)cc1.CC(C)(C)Cc1ccc(CC(C)(C)C)cc1. The second kappa shape index (κ2) is 17.9. The molecule has 50 heavy (non-hydrogen) atoms. The van der Waals surface area contributed by atoms with Crippen LogP contribution in [-0.4, -0.2) is 0 Å². The molecule has 0 radical (unpaired) electrons. The van der Waals surface area contributed by atoms with E-state index in [0.717, 1.165) is 25.7 Å². The normalized spacial score (nSPS) is 13.0. The highest BCUT2D eigenvalue weighted by Crippen LogP contribution is 2.41. The van der Waals surface area contributed by atoms with Crippen LogP contribution in [0.2, 0.25) is 0 Å². The van der Waals surface area contributed by atoms with E-state index in [2.05, 4.69) is 211 Å². The van der Waals surface area contributed by atoms with Crippen molar-refractivity contribution in [1.29, 1.82) is 0 Å². The Labute approximate surface area is 314 Å². The zero-order valence-corrected chi connectivity index (χ0v) is 36.3. The molecule has 0 aliphatic carbocycles. The van der Waals surface area contributed by atoms with E-state index in [-0.39, 0.29) is 23.7 Å². The largest absolute Gasteiger partial charge is 0.0776 e. The average molecular weight is 685 g/mol. The van der Waals surface area contributed by atoms with Crippen LogP contribution in [0.3, 0.4) is 0 Å². The second-order valence-electron chi connectivity index (χ2n) is 22.3. The summed E-state index contributed by atoms with van der Waals surface area (Å²) in [5.74, 6) is 0. The number of hydrogen-bond donors (Lipinski definition) is 0. The summed E-state index contributed by atoms with van der Waals surface area (Å²) in [6.07, 6.45) is 4.60. The van der Waals surface area contributed by atoms with Crippen molar-refractivity contribution >= 4 is 0 Å². The van der Waals surface area contributed by atoms with Crippen molar-refractivity contribution < 1.29 is 0 Å². The molecule has 0 unspecified atom stereocenters. The molecule has 0 spiro atoms. The molecular formula is C50H84. The van der Waals surface area contributed by atoms with Crippen LogP contribution in [0, 0.1) is 27.1 Å². The van der Waals surface area contributed by atoms with E-state index in [4.69, 9.17) is 0 Å². The van der Waals surface area contributed by atoms with E-state index >= 15 is 0 Å². The Morgan fingerprint density at radius 3 is 0.680 bits per heavy atom. The molecule has 284 valence electrons. The monoisotopic (exact) mass is 685 g/mol. The molecule has 0 atom stereocenters. The number of rotatable bonds is 5. The summed E-state index contributed by atoms with van der Waals surface area (Å²) in [6.45, 7) is 45.8. The minimum absolute atomic E-state index is 0. The average Bonchev–Trinajstić information content (AvgIpc) is 2.87. The molecule has 3 aromatic rings. The third-order valence-electron chi connectivity index (χ3n) is 9.33. The van der Waals surface area contributed by atoms with E-state index in [1.165, 1.54) is 33.4 Å². The molecule has 0 heterocycles. The minimum Gasteiger partial charge on any atom is -0.0776 e. The summed E-state index contributed by atoms with van der Waals surface area (Å²) >= 11 is 0. The molecular weight excluding hydrogens is 601 g/mol. The van der Waals surface area contributed by atoms with E-state index in [9.17, 15) is 0 Å². The van der Waals surface area contributed by atoms with Crippen molar-refractivity contribution in [3.05, 3.63) is 106 Å². The van der Waals surface area contributed by atoms with Crippen LogP contribution in [0.25, 0.3) is 0 Å². The van der Waals surface area contributed by atoms with Crippen molar-refractivity contribution in [3.63, 3.8) is 0 Å². The quantitative estimate of drug-likeness (QED) is 0.251. The highest BCUT2D eigenvalue weighted by molar-refractivity contribution is 5.31. The lowest BCUT2D eigenvalue weighted by Crippen LogP contribution is -2.33. The Morgan fingerprint density at radius 2 is 0.500 bits per heavy atom.